The molecule has 0 fully saturated rings. The molecule has 0 bridgehead atoms. The first-order valence-electron chi connectivity index (χ1n) is 16.1. The predicted molar refractivity (Wildman–Crippen MR) is 216 cm³/mol. The van der Waals surface area contributed by atoms with Crippen LogP contribution in [-0.4, -0.2) is 46.3 Å². The van der Waals surface area contributed by atoms with Crippen LogP contribution in [0.5, 0.6) is 0 Å². The number of hydrogen-bond donors (Lipinski definition) is 5. The van der Waals surface area contributed by atoms with E-state index < -0.39 is 11.5 Å². The number of H-pyrrole nitrogens is 5. The van der Waals surface area contributed by atoms with E-state index in [4.69, 9.17) is 20.4 Å². The van der Waals surface area contributed by atoms with Crippen LogP contribution in [-0.2, 0) is 27.0 Å². The van der Waals surface area contributed by atoms with Gasteiger partial charge < -0.3 is 34.7 Å². The van der Waals surface area contributed by atoms with Crippen molar-refractivity contribution in [3.8, 4) is 0 Å². The summed E-state index contributed by atoms with van der Waals surface area (Å²) in [5, 5.41) is 0.578. The molecule has 304 valence electrons. The van der Waals surface area contributed by atoms with E-state index in [-0.39, 0.29) is 131 Å². The molecule has 4 aromatic carbocycles. The van der Waals surface area contributed by atoms with Crippen LogP contribution in [0.4, 0.5) is 0 Å². The van der Waals surface area contributed by atoms with Crippen molar-refractivity contribution in [1.29, 1.82) is 0 Å². The number of benzene rings is 4. The number of rotatable bonds is 2. The molecule has 9 N–H and O–H groups in total. The first-order chi connectivity index (χ1) is 25.1. The Morgan fingerprint density at radius 3 is 1.75 bits per heavy atom. The fourth-order valence-corrected chi connectivity index (χ4v) is 4.75. The van der Waals surface area contributed by atoms with Crippen molar-refractivity contribution in [3.63, 3.8) is 0 Å². The summed E-state index contributed by atoms with van der Waals surface area (Å²) < 4.78 is 11.4. The van der Waals surface area contributed by atoms with Crippen LogP contribution in [0.15, 0.2) is 132 Å². The van der Waals surface area contributed by atoms with Gasteiger partial charge in [-0.25, -0.2) is 19.2 Å². The summed E-state index contributed by atoms with van der Waals surface area (Å²) in [5.41, 5.74) is 6.92. The zero-order valence-corrected chi connectivity index (χ0v) is 44.2. The van der Waals surface area contributed by atoms with Crippen LogP contribution in [0.2, 0.25) is 5.02 Å². The smallest absolute Gasteiger partial charge is 0.412 e. The van der Waals surface area contributed by atoms with Gasteiger partial charge >= 0.3 is 22.9 Å². The molecular formula is C38H45Ac2Cl2N6O8Pd+. The summed E-state index contributed by atoms with van der Waals surface area (Å²) in [6.07, 6.45) is 5.64. The fraction of sp³-hybridized carbons (Fsp3) is 0.158. The van der Waals surface area contributed by atoms with Gasteiger partial charge in [-0.05, 0) is 87.9 Å². The van der Waals surface area contributed by atoms with Gasteiger partial charge in [0.1, 0.15) is 11.6 Å². The second-order valence-corrected chi connectivity index (χ2v) is 11.5. The molecule has 0 unspecified atom stereocenters. The average molecular weight is 1350 g/mol. The third-order valence-corrected chi connectivity index (χ3v) is 6.84. The van der Waals surface area contributed by atoms with Crippen LogP contribution in [0.25, 0.3) is 50.3 Å². The molecule has 0 spiro atoms. The molecular weight excluding hydrogens is 1300 g/mol. The summed E-state index contributed by atoms with van der Waals surface area (Å²) in [5.74, 6) is -0.0325. The number of aryl methyl sites for hydroxylation is 1. The minimum Gasteiger partial charge on any atom is -0.412 e. The Kier molecular flexibility index (Phi) is 32.4. The average Bonchev–Trinajstić information content (AvgIpc) is 3.87. The Morgan fingerprint density at radius 1 is 0.702 bits per heavy atom. The van der Waals surface area contributed by atoms with E-state index >= 15 is 0 Å². The van der Waals surface area contributed by atoms with Crippen LogP contribution >= 0.6 is 11.6 Å². The zero-order valence-electron chi connectivity index (χ0n) is 31.6. The number of aromatic amines is 5. The molecule has 0 saturated heterocycles. The number of aromatic nitrogens is 6. The largest absolute Gasteiger partial charge is 0.417 e. The summed E-state index contributed by atoms with van der Waals surface area (Å²) in [7, 11) is 0. The van der Waals surface area contributed by atoms with E-state index in [1.54, 1.807) is 28.8 Å². The van der Waals surface area contributed by atoms with Gasteiger partial charge in [0, 0.05) is 120 Å². The van der Waals surface area contributed by atoms with Crippen molar-refractivity contribution in [2.45, 2.75) is 34.2 Å². The van der Waals surface area contributed by atoms with Crippen LogP contribution < -0.4 is 22.9 Å². The molecule has 0 atom stereocenters. The van der Waals surface area contributed by atoms with Crippen LogP contribution in [0, 0.1) is 99.7 Å². The quantitative estimate of drug-likeness (QED) is 0.0794. The van der Waals surface area contributed by atoms with Crippen molar-refractivity contribution in [1.82, 2.24) is 29.5 Å². The molecule has 0 amide bonds. The third-order valence-electron chi connectivity index (χ3n) is 6.61. The molecule has 4 aromatic heterocycles. The fourth-order valence-electron chi connectivity index (χ4n) is 4.58. The van der Waals surface area contributed by atoms with Crippen molar-refractivity contribution in [2.75, 3.05) is 5.88 Å². The molecule has 4 heterocycles. The standard InChI is InChI=1S/C10H9NO2.C9H10N2O.C7H4ClNO2.C7H6N2O.C3H6.C2H6Cl.2Ac.2H2O.Pd/c1-2-3-7-4-5-8-9(6-7)13-10(12)11-8;1-2-11-8-6-4-3-5-7(8)10-9(11)12;8-4-1-2-6-5(3-4)9-7(10)11-6;10-7-8-5-3-1-2-4-6(5)9-7;1-3-2;1-2-3;;;;;/h2-6H,1H3,(H,11,12);3-6H,2H2,1H3,(H,10,12);1-3H,(H,9,10);1-4H,(H2,8,9,10);3H,1H2,2H3;3H,2H2,1H3;;;2*1H2;/q;;;;;+1;;;;;/b3-2+;;;;;;;;;;. The molecule has 8 aromatic rings. The predicted octanol–water partition coefficient (Wildman–Crippen LogP) is 5.96. The van der Waals surface area contributed by atoms with E-state index in [9.17, 15) is 19.2 Å². The molecule has 0 aliphatic carbocycles. The maximum atomic E-state index is 11.3. The van der Waals surface area contributed by atoms with E-state index in [1.807, 2.05) is 107 Å². The van der Waals surface area contributed by atoms with Crippen LogP contribution in [0.1, 0.15) is 33.3 Å². The number of hydrogen-bond acceptors (Lipinski definition) is 6. The van der Waals surface area contributed by atoms with Crippen molar-refractivity contribution < 1.29 is 140 Å². The number of halogens is 2. The van der Waals surface area contributed by atoms with Gasteiger partial charge in [-0.3, -0.25) is 14.5 Å². The Morgan fingerprint density at radius 2 is 1.21 bits per heavy atom. The monoisotopic (exact) mass is 1340 g/mol. The molecule has 14 nitrogen and oxygen atoms in total. The summed E-state index contributed by atoms with van der Waals surface area (Å²) in [6, 6.07) is 25.7. The van der Waals surface area contributed by atoms with Crippen LogP contribution in [0.3, 0.4) is 0 Å². The molecule has 2 radical (unpaired) electrons. The first-order valence-corrected chi connectivity index (χ1v) is 17.1. The number of imidazole rings is 2. The van der Waals surface area contributed by atoms with Gasteiger partial charge in [0.05, 0.1) is 33.1 Å². The van der Waals surface area contributed by atoms with Crippen molar-refractivity contribution in [2.24, 2.45) is 0 Å². The number of para-hydroxylation sites is 4. The van der Waals surface area contributed by atoms with E-state index in [0.717, 1.165) is 39.0 Å². The van der Waals surface area contributed by atoms with E-state index in [1.165, 1.54) is 0 Å². The van der Waals surface area contributed by atoms with Gasteiger partial charge in [-0.2, -0.15) is 0 Å². The van der Waals surface area contributed by atoms with Gasteiger partial charge in [0.2, 0.25) is 0 Å². The van der Waals surface area contributed by atoms with Gasteiger partial charge in [0.25, 0.3) is 0 Å². The Labute approximate surface area is 422 Å². The number of allylic oxidation sites excluding steroid dienone is 2. The Bertz CT molecular complexity index is 2570. The number of oxazole rings is 2. The topological polar surface area (TPSA) is 241 Å². The second kappa shape index (κ2) is 31.4. The summed E-state index contributed by atoms with van der Waals surface area (Å²) in [6.45, 7) is 11.8. The molecule has 0 aliphatic heterocycles. The SMILES string of the molecule is C/C=C/c1ccc2[nH]c(=O)oc2c1.C=CC.CC[ClH+].CCn1c(=O)[nH]c2ccccc21.O.O.O=c1[nH]c2cc(Cl)ccc2o1.O=c1[nH]c2ccccc2[nH]1.[Ac].[Ac].[Pd]. The van der Waals surface area contributed by atoms with Gasteiger partial charge in [-0.15, -0.1) is 6.58 Å². The number of nitrogens with zero attached hydrogens (tertiary/aromatic N) is 1. The van der Waals surface area contributed by atoms with Crippen molar-refractivity contribution >= 4 is 61.9 Å². The molecule has 0 aliphatic rings. The Balaban J connectivity index is -0.000000635. The minimum absolute atomic E-state index is 0. The molecule has 19 heteroatoms. The third kappa shape index (κ3) is 19.0. The van der Waals surface area contributed by atoms with Crippen molar-refractivity contribution in [3.05, 3.63) is 156 Å². The number of nitrogens with one attached hydrogen (secondary N) is 5. The number of fused-ring (bicyclic) bond motifs is 4. The first kappa shape index (κ1) is 58.8. The maximum Gasteiger partial charge on any atom is 0.417 e. The minimum atomic E-state index is -0.456. The summed E-state index contributed by atoms with van der Waals surface area (Å²) in [4.78, 5) is 56.6. The van der Waals surface area contributed by atoms with Gasteiger partial charge in [0.15, 0.2) is 17.0 Å². The second-order valence-electron chi connectivity index (χ2n) is 10.4. The Hall–Kier alpha value is -2.51. The molecule has 57 heavy (non-hydrogen) atoms. The normalized spacial score (nSPS) is 9.30. The van der Waals surface area contributed by atoms with E-state index in [0.29, 0.717) is 28.3 Å². The van der Waals surface area contributed by atoms with Gasteiger partial charge in [-0.1, -0.05) is 60.2 Å². The van der Waals surface area contributed by atoms with E-state index in [2.05, 4.69) is 43.1 Å². The number of alkyl halides is 1. The molecule has 8 rings (SSSR count). The maximum absolute atomic E-state index is 11.3. The zero-order chi connectivity index (χ0) is 38.0. The summed E-state index contributed by atoms with van der Waals surface area (Å²) >= 11 is 10.1. The molecule has 0 saturated carbocycles.